The lowest BCUT2D eigenvalue weighted by Gasteiger charge is -2.09. The average molecular weight is 396 g/mol. The number of hydrogen-bond acceptors (Lipinski definition) is 5. The van der Waals surface area contributed by atoms with Gasteiger partial charge < -0.3 is 4.74 Å². The molecular formula is C21H14ClNO5. The fourth-order valence-electron chi connectivity index (χ4n) is 2.56. The Morgan fingerprint density at radius 1 is 0.893 bits per heavy atom. The lowest BCUT2D eigenvalue weighted by atomic mass is 9.98. The van der Waals surface area contributed by atoms with E-state index in [9.17, 15) is 19.7 Å². The van der Waals surface area contributed by atoms with Crippen molar-refractivity contribution in [2.75, 3.05) is 0 Å². The standard InChI is InChI=1S/C21H14ClNO5/c22-16-9-7-15(8-10-16)20(24)18-3-1-2-4-19(18)21(25)28-13-14-5-11-17(12-6-14)23(26)27/h1-12H,13H2. The van der Waals surface area contributed by atoms with E-state index in [-0.39, 0.29) is 29.2 Å². The number of esters is 1. The molecule has 0 atom stereocenters. The summed E-state index contributed by atoms with van der Waals surface area (Å²) in [5, 5.41) is 11.2. The van der Waals surface area contributed by atoms with Gasteiger partial charge in [-0.1, -0.05) is 29.8 Å². The first-order chi connectivity index (χ1) is 13.5. The molecule has 0 aliphatic heterocycles. The molecule has 0 saturated carbocycles. The third kappa shape index (κ3) is 4.42. The van der Waals surface area contributed by atoms with Crippen molar-refractivity contribution < 1.29 is 19.2 Å². The number of nitro groups is 1. The van der Waals surface area contributed by atoms with E-state index in [1.54, 1.807) is 42.5 Å². The zero-order chi connectivity index (χ0) is 20.1. The number of halogens is 1. The van der Waals surface area contributed by atoms with E-state index in [0.29, 0.717) is 16.1 Å². The van der Waals surface area contributed by atoms with Crippen LogP contribution in [0.1, 0.15) is 31.8 Å². The molecule has 0 heterocycles. The first-order valence-corrected chi connectivity index (χ1v) is 8.63. The fourth-order valence-corrected chi connectivity index (χ4v) is 2.68. The van der Waals surface area contributed by atoms with Crippen molar-refractivity contribution in [2.45, 2.75) is 6.61 Å². The summed E-state index contributed by atoms with van der Waals surface area (Å²) in [7, 11) is 0. The maximum atomic E-state index is 12.7. The fraction of sp³-hybridized carbons (Fsp3) is 0.0476. The first kappa shape index (κ1) is 19.3. The molecule has 3 aromatic rings. The molecule has 0 bridgehead atoms. The molecule has 3 aromatic carbocycles. The molecule has 140 valence electrons. The predicted octanol–water partition coefficient (Wildman–Crippen LogP) is 4.84. The maximum absolute atomic E-state index is 12.7. The molecule has 0 saturated heterocycles. The number of nitrogens with zero attached hydrogens (tertiary/aromatic N) is 1. The van der Waals surface area contributed by atoms with Crippen molar-refractivity contribution >= 4 is 29.0 Å². The van der Waals surface area contributed by atoms with Gasteiger partial charge in [0.1, 0.15) is 6.61 Å². The minimum absolute atomic E-state index is 0.0472. The SMILES string of the molecule is O=C(OCc1ccc([N+](=O)[O-])cc1)c1ccccc1C(=O)c1ccc(Cl)cc1. The summed E-state index contributed by atoms with van der Waals surface area (Å²) >= 11 is 5.85. The number of benzene rings is 3. The number of rotatable bonds is 6. The monoisotopic (exact) mass is 395 g/mol. The summed E-state index contributed by atoms with van der Waals surface area (Å²) in [6, 6.07) is 18.4. The minimum atomic E-state index is -0.656. The summed E-state index contributed by atoms with van der Waals surface area (Å²) in [5.41, 5.74) is 1.32. The van der Waals surface area contributed by atoms with Gasteiger partial charge >= 0.3 is 5.97 Å². The van der Waals surface area contributed by atoms with Crippen molar-refractivity contribution in [2.24, 2.45) is 0 Å². The molecule has 0 aliphatic carbocycles. The zero-order valence-electron chi connectivity index (χ0n) is 14.5. The Balaban J connectivity index is 1.76. The number of ether oxygens (including phenoxy) is 1. The largest absolute Gasteiger partial charge is 0.457 e. The molecule has 0 fully saturated rings. The number of nitro benzene ring substituents is 1. The van der Waals surface area contributed by atoms with Crippen molar-refractivity contribution in [3.05, 3.63) is 110 Å². The van der Waals surface area contributed by atoms with E-state index in [1.807, 2.05) is 0 Å². The third-order valence-corrected chi connectivity index (χ3v) is 4.27. The van der Waals surface area contributed by atoms with Crippen molar-refractivity contribution in [3.63, 3.8) is 0 Å². The summed E-state index contributed by atoms with van der Waals surface area (Å²) in [6.07, 6.45) is 0. The van der Waals surface area contributed by atoms with Gasteiger partial charge in [-0.25, -0.2) is 4.79 Å². The van der Waals surface area contributed by atoms with Crippen molar-refractivity contribution in [1.29, 1.82) is 0 Å². The minimum Gasteiger partial charge on any atom is -0.457 e. The van der Waals surface area contributed by atoms with E-state index in [0.717, 1.165) is 0 Å². The second-order valence-electron chi connectivity index (χ2n) is 5.88. The molecule has 6 nitrogen and oxygen atoms in total. The normalized spacial score (nSPS) is 10.3. The second-order valence-corrected chi connectivity index (χ2v) is 6.32. The lowest BCUT2D eigenvalue weighted by molar-refractivity contribution is -0.384. The van der Waals surface area contributed by atoms with Gasteiger partial charge in [0.2, 0.25) is 0 Å². The summed E-state index contributed by atoms with van der Waals surface area (Å²) < 4.78 is 5.28. The lowest BCUT2D eigenvalue weighted by Crippen LogP contribution is -2.12. The zero-order valence-corrected chi connectivity index (χ0v) is 15.3. The maximum Gasteiger partial charge on any atom is 0.339 e. The smallest absolute Gasteiger partial charge is 0.339 e. The van der Waals surface area contributed by atoms with Gasteiger partial charge in [-0.3, -0.25) is 14.9 Å². The van der Waals surface area contributed by atoms with Gasteiger partial charge in [0.25, 0.3) is 5.69 Å². The first-order valence-electron chi connectivity index (χ1n) is 8.25. The van der Waals surface area contributed by atoms with Crippen LogP contribution in [0.15, 0.2) is 72.8 Å². The molecule has 7 heteroatoms. The van der Waals surface area contributed by atoms with E-state index >= 15 is 0 Å². The molecule has 0 radical (unpaired) electrons. The van der Waals surface area contributed by atoms with Gasteiger partial charge in [0.05, 0.1) is 10.5 Å². The van der Waals surface area contributed by atoms with Gasteiger partial charge in [-0.15, -0.1) is 0 Å². The van der Waals surface area contributed by atoms with Crippen LogP contribution in [0.3, 0.4) is 0 Å². The Bertz CT molecular complexity index is 1030. The predicted molar refractivity (Wildman–Crippen MR) is 104 cm³/mol. The van der Waals surface area contributed by atoms with Gasteiger partial charge in [0.15, 0.2) is 5.78 Å². The summed E-state index contributed by atoms with van der Waals surface area (Å²) in [6.45, 7) is -0.0691. The molecule has 0 N–H and O–H groups in total. The van der Waals surface area contributed by atoms with Crippen molar-refractivity contribution in [3.8, 4) is 0 Å². The molecule has 0 aliphatic rings. The second kappa shape index (κ2) is 8.45. The van der Waals surface area contributed by atoms with Crippen molar-refractivity contribution in [1.82, 2.24) is 0 Å². The quantitative estimate of drug-likeness (QED) is 0.258. The van der Waals surface area contributed by atoms with E-state index < -0.39 is 10.9 Å². The summed E-state index contributed by atoms with van der Waals surface area (Å²) in [5.74, 6) is -0.976. The Labute approximate surface area is 165 Å². The van der Waals surface area contributed by atoms with Crippen LogP contribution in [0.2, 0.25) is 5.02 Å². The van der Waals surface area contributed by atoms with Crippen LogP contribution in [0.4, 0.5) is 5.69 Å². The molecule has 3 rings (SSSR count). The molecule has 0 unspecified atom stereocenters. The highest BCUT2D eigenvalue weighted by Crippen LogP contribution is 2.19. The Morgan fingerprint density at radius 3 is 2.11 bits per heavy atom. The Morgan fingerprint density at radius 2 is 1.50 bits per heavy atom. The van der Waals surface area contributed by atoms with Crippen LogP contribution in [-0.4, -0.2) is 16.7 Å². The van der Waals surface area contributed by atoms with Gasteiger partial charge in [-0.05, 0) is 48.0 Å². The number of non-ortho nitro benzene ring substituents is 1. The van der Waals surface area contributed by atoms with Crippen LogP contribution in [0, 0.1) is 10.1 Å². The van der Waals surface area contributed by atoms with E-state index in [4.69, 9.17) is 16.3 Å². The number of hydrogen-bond donors (Lipinski definition) is 0. The average Bonchev–Trinajstić information content (AvgIpc) is 2.72. The molecular weight excluding hydrogens is 382 g/mol. The number of carbonyl (C=O) groups is 2. The van der Waals surface area contributed by atoms with Crippen LogP contribution in [-0.2, 0) is 11.3 Å². The van der Waals surface area contributed by atoms with Crippen LogP contribution in [0.5, 0.6) is 0 Å². The highest BCUT2D eigenvalue weighted by molar-refractivity contribution is 6.30. The van der Waals surface area contributed by atoms with E-state index in [1.165, 1.54) is 30.3 Å². The molecule has 28 heavy (non-hydrogen) atoms. The molecule has 0 amide bonds. The highest BCUT2D eigenvalue weighted by Gasteiger charge is 2.19. The van der Waals surface area contributed by atoms with Crippen LogP contribution >= 0.6 is 11.6 Å². The topological polar surface area (TPSA) is 86.5 Å². The van der Waals surface area contributed by atoms with E-state index in [2.05, 4.69) is 0 Å². The molecule has 0 spiro atoms. The third-order valence-electron chi connectivity index (χ3n) is 4.02. The van der Waals surface area contributed by atoms with Gasteiger partial charge in [0, 0.05) is 28.3 Å². The highest BCUT2D eigenvalue weighted by atomic mass is 35.5. The molecule has 0 aromatic heterocycles. The number of carbonyl (C=O) groups excluding carboxylic acids is 2. The van der Waals surface area contributed by atoms with Crippen LogP contribution < -0.4 is 0 Å². The Kier molecular flexibility index (Phi) is 5.81. The summed E-state index contributed by atoms with van der Waals surface area (Å²) in [4.78, 5) is 35.4. The van der Waals surface area contributed by atoms with Crippen LogP contribution in [0.25, 0.3) is 0 Å². The Hall–Kier alpha value is -3.51. The number of ketones is 1. The van der Waals surface area contributed by atoms with Gasteiger partial charge in [-0.2, -0.15) is 0 Å².